The molecule has 7 heteroatoms. The van der Waals surface area contributed by atoms with Crippen LogP contribution in [0, 0.1) is 0 Å². The SMILES string of the molecule is CCn1c(=O)[nH]c2cc(C(=O)Nc3ccccc3C(C)=O)ccc2c1=O. The number of carbonyl (C=O) groups excluding carboxylic acids is 2. The smallest absolute Gasteiger partial charge is 0.321 e. The summed E-state index contributed by atoms with van der Waals surface area (Å²) in [4.78, 5) is 51.0. The van der Waals surface area contributed by atoms with Crippen LogP contribution in [0.4, 0.5) is 5.69 Å². The van der Waals surface area contributed by atoms with Crippen molar-refractivity contribution in [2.45, 2.75) is 20.4 Å². The Balaban J connectivity index is 2.01. The van der Waals surface area contributed by atoms with E-state index in [-0.39, 0.29) is 23.4 Å². The first kappa shape index (κ1) is 17.3. The molecule has 0 radical (unpaired) electrons. The number of para-hydroxylation sites is 1. The van der Waals surface area contributed by atoms with Crippen molar-refractivity contribution in [1.29, 1.82) is 0 Å². The van der Waals surface area contributed by atoms with E-state index < -0.39 is 17.2 Å². The fourth-order valence-electron chi connectivity index (χ4n) is 2.78. The fraction of sp³-hybridized carbons (Fsp3) is 0.158. The van der Waals surface area contributed by atoms with Gasteiger partial charge in [0.2, 0.25) is 0 Å². The van der Waals surface area contributed by atoms with Crippen molar-refractivity contribution in [1.82, 2.24) is 9.55 Å². The van der Waals surface area contributed by atoms with Gasteiger partial charge in [-0.3, -0.25) is 19.0 Å². The first-order valence-electron chi connectivity index (χ1n) is 8.10. The van der Waals surface area contributed by atoms with E-state index in [1.165, 1.54) is 25.1 Å². The van der Waals surface area contributed by atoms with Crippen LogP contribution in [-0.2, 0) is 6.54 Å². The van der Waals surface area contributed by atoms with Gasteiger partial charge in [-0.2, -0.15) is 0 Å². The Morgan fingerprint density at radius 2 is 1.85 bits per heavy atom. The maximum absolute atomic E-state index is 12.5. The lowest BCUT2D eigenvalue weighted by Gasteiger charge is -2.10. The first-order chi connectivity index (χ1) is 12.4. The zero-order valence-electron chi connectivity index (χ0n) is 14.3. The van der Waals surface area contributed by atoms with E-state index in [0.717, 1.165) is 4.57 Å². The average molecular weight is 351 g/mol. The maximum atomic E-state index is 12.5. The summed E-state index contributed by atoms with van der Waals surface area (Å²) >= 11 is 0. The number of hydrogen-bond acceptors (Lipinski definition) is 4. The van der Waals surface area contributed by atoms with Crippen LogP contribution < -0.4 is 16.6 Å². The Bertz CT molecular complexity index is 1140. The molecule has 0 atom stereocenters. The van der Waals surface area contributed by atoms with Gasteiger partial charge in [0.25, 0.3) is 11.5 Å². The molecule has 3 rings (SSSR count). The van der Waals surface area contributed by atoms with Gasteiger partial charge in [0.15, 0.2) is 5.78 Å². The second kappa shape index (κ2) is 6.79. The van der Waals surface area contributed by atoms with Crippen LogP contribution in [0.2, 0.25) is 0 Å². The summed E-state index contributed by atoms with van der Waals surface area (Å²) in [7, 11) is 0. The topological polar surface area (TPSA) is 101 Å². The van der Waals surface area contributed by atoms with Crippen LogP contribution in [0.15, 0.2) is 52.1 Å². The molecule has 0 saturated carbocycles. The number of aromatic amines is 1. The number of nitrogens with zero attached hydrogens (tertiary/aromatic N) is 1. The summed E-state index contributed by atoms with van der Waals surface area (Å²) in [6.07, 6.45) is 0. The van der Waals surface area contributed by atoms with E-state index in [1.54, 1.807) is 31.2 Å². The fourth-order valence-corrected chi connectivity index (χ4v) is 2.78. The highest BCUT2D eigenvalue weighted by Crippen LogP contribution is 2.17. The molecule has 2 N–H and O–H groups in total. The summed E-state index contributed by atoms with van der Waals surface area (Å²) in [5.41, 5.74) is 0.433. The number of ketones is 1. The lowest BCUT2D eigenvalue weighted by atomic mass is 10.1. The van der Waals surface area contributed by atoms with Crippen molar-refractivity contribution in [3.63, 3.8) is 0 Å². The second-order valence-electron chi connectivity index (χ2n) is 5.80. The molecule has 0 aliphatic carbocycles. The molecule has 1 aromatic heterocycles. The van der Waals surface area contributed by atoms with Gasteiger partial charge in [0, 0.05) is 17.7 Å². The van der Waals surface area contributed by atoms with Crippen LogP contribution in [0.3, 0.4) is 0 Å². The molecule has 1 amide bonds. The Morgan fingerprint density at radius 3 is 2.54 bits per heavy atom. The molecular formula is C19H17N3O4. The number of hydrogen-bond donors (Lipinski definition) is 2. The van der Waals surface area contributed by atoms with Crippen LogP contribution in [0.5, 0.6) is 0 Å². The summed E-state index contributed by atoms with van der Waals surface area (Å²) < 4.78 is 1.09. The number of fused-ring (bicyclic) bond motifs is 1. The summed E-state index contributed by atoms with van der Waals surface area (Å²) in [5.74, 6) is -0.607. The van der Waals surface area contributed by atoms with E-state index in [4.69, 9.17) is 0 Å². The molecule has 7 nitrogen and oxygen atoms in total. The van der Waals surface area contributed by atoms with Crippen LogP contribution >= 0.6 is 0 Å². The largest absolute Gasteiger partial charge is 0.328 e. The molecule has 0 fully saturated rings. The number of anilines is 1. The molecular weight excluding hydrogens is 334 g/mol. The number of nitrogens with one attached hydrogen (secondary N) is 2. The molecule has 1 heterocycles. The predicted molar refractivity (Wildman–Crippen MR) is 98.9 cm³/mol. The third-order valence-electron chi connectivity index (χ3n) is 4.11. The number of carbonyl (C=O) groups is 2. The predicted octanol–water partition coefficient (Wildman–Crippen LogP) is 2.16. The monoisotopic (exact) mass is 351 g/mol. The highest BCUT2D eigenvalue weighted by atomic mass is 16.2. The minimum absolute atomic E-state index is 0.163. The number of aromatic nitrogens is 2. The zero-order chi connectivity index (χ0) is 18.8. The van der Waals surface area contributed by atoms with Gasteiger partial charge in [-0.05, 0) is 44.2 Å². The lowest BCUT2D eigenvalue weighted by molar-refractivity contribution is 0.101. The molecule has 0 saturated heterocycles. The van der Waals surface area contributed by atoms with Gasteiger partial charge >= 0.3 is 5.69 Å². The molecule has 0 aliphatic heterocycles. The Labute approximate surface area is 148 Å². The number of Topliss-reactive ketones (excluding diaryl/α,β-unsaturated/α-hetero) is 1. The minimum Gasteiger partial charge on any atom is -0.321 e. The quantitative estimate of drug-likeness (QED) is 0.703. The summed E-state index contributed by atoms with van der Waals surface area (Å²) in [5, 5.41) is 3.02. The van der Waals surface area contributed by atoms with Gasteiger partial charge in [0.05, 0.1) is 16.6 Å². The second-order valence-corrected chi connectivity index (χ2v) is 5.80. The van der Waals surface area contributed by atoms with Crippen molar-refractivity contribution in [2.75, 3.05) is 5.32 Å². The van der Waals surface area contributed by atoms with E-state index >= 15 is 0 Å². The van der Waals surface area contributed by atoms with E-state index in [2.05, 4.69) is 10.3 Å². The van der Waals surface area contributed by atoms with Gasteiger partial charge in [-0.25, -0.2) is 4.79 Å². The van der Waals surface area contributed by atoms with Gasteiger partial charge in [-0.1, -0.05) is 12.1 Å². The lowest BCUT2D eigenvalue weighted by Crippen LogP contribution is -2.34. The first-order valence-corrected chi connectivity index (χ1v) is 8.10. The molecule has 0 bridgehead atoms. The van der Waals surface area contributed by atoms with Crippen LogP contribution in [0.1, 0.15) is 34.6 Å². The highest BCUT2D eigenvalue weighted by Gasteiger charge is 2.13. The van der Waals surface area contributed by atoms with Crippen molar-refractivity contribution in [3.8, 4) is 0 Å². The Kier molecular flexibility index (Phi) is 4.53. The van der Waals surface area contributed by atoms with E-state index in [0.29, 0.717) is 16.6 Å². The van der Waals surface area contributed by atoms with Gasteiger partial charge in [-0.15, -0.1) is 0 Å². The Morgan fingerprint density at radius 1 is 1.12 bits per heavy atom. The van der Waals surface area contributed by atoms with Crippen LogP contribution in [-0.4, -0.2) is 21.2 Å². The molecule has 132 valence electrons. The van der Waals surface area contributed by atoms with Gasteiger partial charge < -0.3 is 10.3 Å². The average Bonchev–Trinajstić information content (AvgIpc) is 2.61. The van der Waals surface area contributed by atoms with Crippen molar-refractivity contribution in [2.24, 2.45) is 0 Å². The molecule has 2 aromatic carbocycles. The van der Waals surface area contributed by atoms with Gasteiger partial charge in [0.1, 0.15) is 0 Å². The molecule has 26 heavy (non-hydrogen) atoms. The van der Waals surface area contributed by atoms with Crippen molar-refractivity contribution in [3.05, 3.63) is 74.4 Å². The molecule has 0 unspecified atom stereocenters. The number of H-pyrrole nitrogens is 1. The third kappa shape index (κ3) is 3.06. The Hall–Kier alpha value is -3.48. The van der Waals surface area contributed by atoms with E-state index in [9.17, 15) is 19.2 Å². The van der Waals surface area contributed by atoms with Crippen molar-refractivity contribution >= 4 is 28.3 Å². The normalized spacial score (nSPS) is 10.7. The van der Waals surface area contributed by atoms with Crippen molar-refractivity contribution < 1.29 is 9.59 Å². The third-order valence-corrected chi connectivity index (χ3v) is 4.11. The zero-order valence-corrected chi connectivity index (χ0v) is 14.3. The van der Waals surface area contributed by atoms with Crippen LogP contribution in [0.25, 0.3) is 10.9 Å². The standard InChI is InChI=1S/C19H17N3O4/c1-3-22-18(25)14-9-8-12(10-16(14)21-19(22)26)17(24)20-15-7-5-4-6-13(15)11(2)23/h4-10H,3H2,1-2H3,(H,20,24)(H,21,26). The molecule has 3 aromatic rings. The summed E-state index contributed by atoms with van der Waals surface area (Å²) in [6.45, 7) is 3.38. The summed E-state index contributed by atoms with van der Waals surface area (Å²) in [6, 6.07) is 11.2. The highest BCUT2D eigenvalue weighted by molar-refractivity contribution is 6.09. The molecule has 0 aliphatic rings. The number of amides is 1. The minimum atomic E-state index is -0.524. The number of rotatable bonds is 4. The molecule has 0 spiro atoms. The van der Waals surface area contributed by atoms with E-state index in [1.807, 2.05) is 0 Å². The maximum Gasteiger partial charge on any atom is 0.328 e. The number of benzene rings is 2.